The maximum Gasteiger partial charge on any atom is 0.302 e. The Balaban J connectivity index is 3.63. The molecule has 0 saturated heterocycles. The summed E-state index contributed by atoms with van der Waals surface area (Å²) in [5, 5.41) is 4.15. The van der Waals surface area contributed by atoms with Crippen LogP contribution in [0.4, 0.5) is 0 Å². The second kappa shape index (κ2) is 5.54. The van der Waals surface area contributed by atoms with Crippen LogP contribution in [0.2, 0.25) is 0 Å². The third kappa shape index (κ3) is 7.01. The molecule has 0 spiro atoms. The number of carbonyl (C=O) groups is 2. The minimum atomic E-state index is -0.729. The number of rotatable bonds is 5. The number of carbonyl (C=O) groups excluding carboxylic acids is 2. The summed E-state index contributed by atoms with van der Waals surface area (Å²) in [6.45, 7) is 2.30. The highest BCUT2D eigenvalue weighted by molar-refractivity contribution is 5.66. The van der Waals surface area contributed by atoms with Crippen molar-refractivity contribution in [3.8, 4) is 0 Å². The second-order valence-electron chi connectivity index (χ2n) is 2.23. The van der Waals surface area contributed by atoms with Crippen LogP contribution in [-0.4, -0.2) is 37.8 Å². The van der Waals surface area contributed by atoms with Gasteiger partial charge >= 0.3 is 11.9 Å². The smallest absolute Gasteiger partial charge is 0.302 e. The molecular weight excluding hydrogens is 164 g/mol. The van der Waals surface area contributed by atoms with Gasteiger partial charge < -0.3 is 14.6 Å². The fourth-order valence-corrected chi connectivity index (χ4v) is 0.469. The Kier molecular flexibility index (Phi) is 4.15. The van der Waals surface area contributed by atoms with Gasteiger partial charge in [0.25, 0.3) is 0 Å². The van der Waals surface area contributed by atoms with Crippen LogP contribution >= 0.6 is 0 Å². The minimum Gasteiger partial charge on any atom is -0.463 e. The van der Waals surface area contributed by atoms with Gasteiger partial charge in [0.2, 0.25) is 1.43 Å². The molecular formula is C7H12O5. The van der Waals surface area contributed by atoms with Gasteiger partial charge in [0, 0.05) is 13.8 Å². The lowest BCUT2D eigenvalue weighted by Gasteiger charge is -2.09. The first-order valence-corrected chi connectivity index (χ1v) is 3.45. The number of aliphatic hydroxyl groups excluding tert-OH is 1. The topological polar surface area (TPSA) is 72.8 Å². The van der Waals surface area contributed by atoms with Crippen LogP contribution in [0.1, 0.15) is 13.8 Å². The molecule has 0 aromatic carbocycles. The van der Waals surface area contributed by atoms with Crippen molar-refractivity contribution in [1.29, 1.82) is 1.43 Å². The molecule has 0 amide bonds. The highest BCUT2D eigenvalue weighted by atomic mass is 16.6. The Bertz CT molecular complexity index is 164. The Morgan fingerprint density at radius 2 is 1.75 bits per heavy atom. The van der Waals surface area contributed by atoms with E-state index in [-0.39, 0.29) is 13.2 Å². The van der Waals surface area contributed by atoms with E-state index in [9.17, 15) is 9.59 Å². The normalized spacial score (nSPS) is 10.8. The molecule has 0 rings (SSSR count). The van der Waals surface area contributed by atoms with Gasteiger partial charge in [0.15, 0.2) is 0 Å². The van der Waals surface area contributed by atoms with E-state index in [1.54, 1.807) is 0 Å². The van der Waals surface area contributed by atoms with E-state index in [0.717, 1.165) is 0 Å². The predicted molar refractivity (Wildman–Crippen MR) is 39.3 cm³/mol. The molecule has 0 aliphatic heterocycles. The van der Waals surface area contributed by atoms with E-state index in [1.165, 1.54) is 13.8 Å². The maximum absolute atomic E-state index is 10.4. The molecule has 12 heavy (non-hydrogen) atoms. The van der Waals surface area contributed by atoms with Crippen molar-refractivity contribution in [1.82, 2.24) is 0 Å². The van der Waals surface area contributed by atoms with E-state index in [4.69, 9.17) is 1.43 Å². The fourth-order valence-electron chi connectivity index (χ4n) is 0.469. The van der Waals surface area contributed by atoms with Crippen LogP contribution in [0.15, 0.2) is 0 Å². The van der Waals surface area contributed by atoms with Crippen molar-refractivity contribution in [3.63, 3.8) is 0 Å². The van der Waals surface area contributed by atoms with Crippen molar-refractivity contribution < 1.29 is 24.2 Å². The lowest BCUT2D eigenvalue weighted by atomic mass is 10.4. The van der Waals surface area contributed by atoms with Gasteiger partial charge in [0.1, 0.15) is 19.3 Å². The third-order valence-corrected chi connectivity index (χ3v) is 0.945. The zero-order valence-electron chi connectivity index (χ0n) is 8.03. The molecule has 0 aromatic heterocycles. The van der Waals surface area contributed by atoms with Crippen molar-refractivity contribution >= 4 is 11.9 Å². The molecule has 0 aromatic rings. The Morgan fingerprint density at radius 3 is 2.00 bits per heavy atom. The van der Waals surface area contributed by atoms with Gasteiger partial charge in [-0.05, 0) is 0 Å². The van der Waals surface area contributed by atoms with Gasteiger partial charge in [-0.3, -0.25) is 9.59 Å². The first-order valence-electron chi connectivity index (χ1n) is 3.85. The minimum absolute atomic E-state index is 0.0912. The summed E-state index contributed by atoms with van der Waals surface area (Å²) in [5.41, 5.74) is 0. The number of ether oxygens (including phenoxy) is 2. The van der Waals surface area contributed by atoms with Gasteiger partial charge in [-0.25, -0.2) is 0 Å². The molecule has 0 fully saturated rings. The molecule has 5 heteroatoms. The van der Waals surface area contributed by atoms with Crippen LogP contribution in [0.5, 0.6) is 0 Å². The zero-order chi connectivity index (χ0) is 10.3. The first kappa shape index (κ1) is 8.99. The monoisotopic (exact) mass is 177 g/mol. The van der Waals surface area contributed by atoms with Gasteiger partial charge in [0.05, 0.1) is 0 Å². The van der Waals surface area contributed by atoms with E-state index >= 15 is 0 Å². The lowest BCUT2D eigenvalue weighted by Crippen LogP contribution is -2.24. The first-order chi connectivity index (χ1) is 6.06. The van der Waals surface area contributed by atoms with E-state index < -0.39 is 18.0 Å². The van der Waals surface area contributed by atoms with Crippen LogP contribution in [-0.2, 0) is 19.1 Å². The van der Waals surface area contributed by atoms with Crippen molar-refractivity contribution in [2.75, 3.05) is 13.2 Å². The fraction of sp³-hybridized carbons (Fsp3) is 0.714. The molecule has 70 valence electrons. The predicted octanol–water partition coefficient (Wildman–Crippen LogP) is -0.527. The molecule has 0 aliphatic rings. The number of hydrogen-bond donors (Lipinski definition) is 1. The van der Waals surface area contributed by atoms with Crippen LogP contribution < -0.4 is 0 Å². The van der Waals surface area contributed by atoms with Gasteiger partial charge in [-0.2, -0.15) is 0 Å². The molecule has 0 unspecified atom stereocenters. The van der Waals surface area contributed by atoms with Crippen LogP contribution in [0, 0.1) is 0 Å². The Labute approximate surface area is 71.8 Å². The molecule has 5 nitrogen and oxygen atoms in total. The summed E-state index contributed by atoms with van der Waals surface area (Å²) in [4.78, 5) is 20.7. The molecule has 0 aliphatic carbocycles. The summed E-state index contributed by atoms with van der Waals surface area (Å²) in [7, 11) is 0. The SMILES string of the molecule is [2H]OC(COC(C)=O)COC(C)=O. The quantitative estimate of drug-likeness (QED) is 0.572. The highest BCUT2D eigenvalue weighted by Crippen LogP contribution is 1.88. The van der Waals surface area contributed by atoms with Crippen molar-refractivity contribution in [2.24, 2.45) is 0 Å². The maximum atomic E-state index is 10.4. The van der Waals surface area contributed by atoms with E-state index in [2.05, 4.69) is 14.6 Å². The van der Waals surface area contributed by atoms with E-state index in [0.29, 0.717) is 0 Å². The molecule has 1 N–H and O–H groups in total. The standard InChI is InChI=1S/C7H12O5/c1-5(8)11-3-7(10)4-12-6(2)9/h7,10H,3-4H2,1-2H3/i10D. The summed E-state index contributed by atoms with van der Waals surface area (Å²) in [5.74, 6) is -0.935. The zero-order valence-corrected chi connectivity index (χ0v) is 7.03. The van der Waals surface area contributed by atoms with Crippen molar-refractivity contribution in [2.45, 2.75) is 20.0 Å². The number of hydrogen-bond acceptors (Lipinski definition) is 5. The Hall–Kier alpha value is -1.10. The molecule has 0 heterocycles. The molecule has 0 saturated carbocycles. The van der Waals surface area contributed by atoms with Crippen molar-refractivity contribution in [3.05, 3.63) is 0 Å². The average Bonchev–Trinajstić information content (AvgIpc) is 2.04. The highest BCUT2D eigenvalue weighted by Gasteiger charge is 2.07. The Morgan fingerprint density at radius 1 is 1.33 bits per heavy atom. The molecule has 0 atom stereocenters. The average molecular weight is 177 g/mol. The largest absolute Gasteiger partial charge is 0.463 e. The number of aliphatic hydroxyl groups is 1. The number of esters is 2. The van der Waals surface area contributed by atoms with Gasteiger partial charge in [-0.15, -0.1) is 0 Å². The summed E-state index contributed by atoms with van der Waals surface area (Å²) in [6, 6.07) is 0. The lowest BCUT2D eigenvalue weighted by molar-refractivity contribution is -0.149. The second-order valence-corrected chi connectivity index (χ2v) is 2.23. The summed E-state index contributed by atoms with van der Waals surface area (Å²) >= 11 is 0. The van der Waals surface area contributed by atoms with Crippen LogP contribution in [0.25, 0.3) is 0 Å². The van der Waals surface area contributed by atoms with E-state index in [1.807, 2.05) is 0 Å². The van der Waals surface area contributed by atoms with Gasteiger partial charge in [-0.1, -0.05) is 0 Å². The summed E-state index contributed by atoms with van der Waals surface area (Å²) in [6.07, 6.45) is -0.729. The van der Waals surface area contributed by atoms with Crippen LogP contribution in [0.3, 0.4) is 0 Å². The summed E-state index contributed by atoms with van der Waals surface area (Å²) < 4.78 is 15.7. The molecule has 0 radical (unpaired) electrons. The third-order valence-electron chi connectivity index (χ3n) is 0.945. The molecule has 0 bridgehead atoms.